The molecule has 0 aliphatic rings. The summed E-state index contributed by atoms with van der Waals surface area (Å²) in [6.45, 7) is 0.658. The van der Waals surface area contributed by atoms with Crippen molar-refractivity contribution in [3.8, 4) is 5.75 Å². The first kappa shape index (κ1) is 20.2. The second-order valence-corrected chi connectivity index (χ2v) is 7.38. The average Bonchev–Trinajstić information content (AvgIpc) is 3.00. The summed E-state index contributed by atoms with van der Waals surface area (Å²) in [7, 11) is 0. The number of para-hydroxylation sites is 2. The Kier molecular flexibility index (Phi) is 5.61. The monoisotopic (exact) mass is 446 g/mol. The van der Waals surface area contributed by atoms with Gasteiger partial charge in [0.1, 0.15) is 18.1 Å². The first-order valence-electron chi connectivity index (χ1n) is 9.11. The highest BCUT2D eigenvalue weighted by molar-refractivity contribution is 6.35. The summed E-state index contributed by atoms with van der Waals surface area (Å²) in [6.07, 6.45) is -0.174. The van der Waals surface area contributed by atoms with Crippen LogP contribution < -0.4 is 10.3 Å². The van der Waals surface area contributed by atoms with Crippen LogP contribution in [0.1, 0.15) is 12.1 Å². The van der Waals surface area contributed by atoms with Gasteiger partial charge in [-0.3, -0.25) is 9.59 Å². The molecule has 0 amide bonds. The maximum absolute atomic E-state index is 12.4. The van der Waals surface area contributed by atoms with E-state index in [0.717, 1.165) is 11.0 Å². The SMILES string of the molecule is O=C(O)CCc1nn2c3ccccc3n(CCOc3ccc(Cl)cc3Cl)c2nc1=O. The number of carboxylic acid groups (broad SMARTS) is 1. The zero-order chi connectivity index (χ0) is 21.3. The average molecular weight is 447 g/mol. The van der Waals surface area contributed by atoms with Crippen LogP contribution in [0.25, 0.3) is 16.8 Å². The van der Waals surface area contributed by atoms with Crippen molar-refractivity contribution in [2.24, 2.45) is 0 Å². The number of carboxylic acids is 1. The minimum absolute atomic E-state index is 0.0157. The Morgan fingerprint density at radius 1 is 1.13 bits per heavy atom. The number of hydrogen-bond donors (Lipinski definition) is 1. The summed E-state index contributed by atoms with van der Waals surface area (Å²) in [6, 6.07) is 12.5. The molecule has 30 heavy (non-hydrogen) atoms. The third-order valence-corrected chi connectivity index (χ3v) is 5.07. The Balaban J connectivity index is 1.68. The molecule has 0 radical (unpaired) electrons. The van der Waals surface area contributed by atoms with Gasteiger partial charge in [-0.15, -0.1) is 0 Å². The van der Waals surface area contributed by atoms with Crippen molar-refractivity contribution in [3.05, 3.63) is 68.6 Å². The number of carbonyl (C=O) groups is 1. The Labute approximate surface area is 180 Å². The van der Waals surface area contributed by atoms with Crippen LogP contribution in [0.2, 0.25) is 10.0 Å². The fourth-order valence-electron chi connectivity index (χ4n) is 3.17. The molecule has 0 atom stereocenters. The number of nitrogens with zero attached hydrogens (tertiary/aromatic N) is 4. The number of halogens is 2. The molecule has 4 aromatic rings. The summed E-state index contributed by atoms with van der Waals surface area (Å²) >= 11 is 12.1. The molecular weight excluding hydrogens is 431 g/mol. The lowest BCUT2D eigenvalue weighted by molar-refractivity contribution is -0.136. The molecule has 4 rings (SSSR count). The maximum atomic E-state index is 12.4. The number of imidazole rings is 1. The van der Waals surface area contributed by atoms with Crippen molar-refractivity contribution in [2.45, 2.75) is 19.4 Å². The zero-order valence-corrected chi connectivity index (χ0v) is 17.1. The van der Waals surface area contributed by atoms with E-state index in [1.54, 1.807) is 22.7 Å². The van der Waals surface area contributed by atoms with Gasteiger partial charge in [0.05, 0.1) is 29.0 Å². The van der Waals surface area contributed by atoms with Gasteiger partial charge in [-0.2, -0.15) is 14.6 Å². The highest BCUT2D eigenvalue weighted by Gasteiger charge is 2.16. The largest absolute Gasteiger partial charge is 0.490 e. The van der Waals surface area contributed by atoms with Crippen LogP contribution in [-0.4, -0.2) is 36.8 Å². The van der Waals surface area contributed by atoms with Gasteiger partial charge in [0.15, 0.2) is 0 Å². The topological polar surface area (TPSA) is 98.7 Å². The van der Waals surface area contributed by atoms with Crippen molar-refractivity contribution in [1.29, 1.82) is 0 Å². The number of aromatic nitrogens is 4. The molecule has 154 valence electrons. The summed E-state index contributed by atoms with van der Waals surface area (Å²) < 4.78 is 9.16. The molecule has 10 heteroatoms. The third-order valence-electron chi connectivity index (χ3n) is 4.54. The molecule has 0 saturated heterocycles. The molecule has 2 heterocycles. The fraction of sp³-hybridized carbons (Fsp3) is 0.200. The van der Waals surface area contributed by atoms with E-state index in [1.807, 2.05) is 28.8 Å². The first-order chi connectivity index (χ1) is 14.4. The van der Waals surface area contributed by atoms with Gasteiger partial charge in [-0.25, -0.2) is 0 Å². The van der Waals surface area contributed by atoms with Crippen molar-refractivity contribution in [2.75, 3.05) is 6.61 Å². The molecule has 2 aromatic carbocycles. The molecule has 0 fully saturated rings. The first-order valence-corrected chi connectivity index (χ1v) is 9.86. The van der Waals surface area contributed by atoms with Crippen LogP contribution >= 0.6 is 23.2 Å². The molecule has 0 bridgehead atoms. The molecule has 0 spiro atoms. The third kappa shape index (κ3) is 3.96. The fourth-order valence-corrected chi connectivity index (χ4v) is 3.63. The van der Waals surface area contributed by atoms with Gasteiger partial charge in [0.25, 0.3) is 5.56 Å². The molecule has 2 aromatic heterocycles. The van der Waals surface area contributed by atoms with E-state index in [9.17, 15) is 9.59 Å². The van der Waals surface area contributed by atoms with Crippen LogP contribution in [-0.2, 0) is 17.8 Å². The van der Waals surface area contributed by atoms with Gasteiger partial charge in [-0.05, 0) is 30.3 Å². The molecule has 0 saturated carbocycles. The Morgan fingerprint density at radius 3 is 2.63 bits per heavy atom. The second kappa shape index (κ2) is 8.33. The lowest BCUT2D eigenvalue weighted by Gasteiger charge is -2.10. The van der Waals surface area contributed by atoms with Gasteiger partial charge in [0, 0.05) is 11.4 Å². The van der Waals surface area contributed by atoms with Crippen LogP contribution in [0.15, 0.2) is 47.3 Å². The van der Waals surface area contributed by atoms with Crippen LogP contribution in [0.3, 0.4) is 0 Å². The standard InChI is InChI=1S/C20H16Cl2N4O4/c21-12-5-7-17(13(22)11-12)30-10-9-25-15-3-1-2-4-16(15)26-20(25)23-19(29)14(24-26)6-8-18(27)28/h1-5,7,11H,6,8-10H2,(H,27,28). The predicted molar refractivity (Wildman–Crippen MR) is 113 cm³/mol. The maximum Gasteiger partial charge on any atom is 0.303 e. The number of ether oxygens (including phenoxy) is 1. The van der Waals surface area contributed by atoms with E-state index < -0.39 is 11.5 Å². The molecule has 0 aliphatic carbocycles. The Hall–Kier alpha value is -3.10. The van der Waals surface area contributed by atoms with E-state index in [0.29, 0.717) is 28.1 Å². The van der Waals surface area contributed by atoms with E-state index in [4.69, 9.17) is 33.0 Å². The highest BCUT2D eigenvalue weighted by Crippen LogP contribution is 2.27. The van der Waals surface area contributed by atoms with Crippen molar-refractivity contribution < 1.29 is 14.6 Å². The number of fused-ring (bicyclic) bond motifs is 3. The van der Waals surface area contributed by atoms with Crippen molar-refractivity contribution in [1.82, 2.24) is 19.2 Å². The lowest BCUT2D eigenvalue weighted by Crippen LogP contribution is -2.21. The molecule has 8 nitrogen and oxygen atoms in total. The number of rotatable bonds is 7. The van der Waals surface area contributed by atoms with Gasteiger partial charge >= 0.3 is 5.97 Å². The summed E-state index contributed by atoms with van der Waals surface area (Å²) in [4.78, 5) is 27.4. The Bertz CT molecular complexity index is 1320. The number of aliphatic carboxylic acids is 1. The second-order valence-electron chi connectivity index (χ2n) is 6.53. The minimum atomic E-state index is -0.998. The summed E-state index contributed by atoms with van der Waals surface area (Å²) in [5.41, 5.74) is 1.14. The molecular formula is C20H16Cl2N4O4. The van der Waals surface area contributed by atoms with E-state index in [1.165, 1.54) is 0 Å². The number of aryl methyl sites for hydroxylation is 1. The predicted octanol–water partition coefficient (Wildman–Crippen LogP) is 3.45. The normalized spacial score (nSPS) is 11.3. The highest BCUT2D eigenvalue weighted by atomic mass is 35.5. The number of benzene rings is 2. The van der Waals surface area contributed by atoms with Gasteiger partial charge in [-0.1, -0.05) is 35.3 Å². The van der Waals surface area contributed by atoms with Crippen molar-refractivity contribution >= 4 is 46.0 Å². The van der Waals surface area contributed by atoms with Gasteiger partial charge < -0.3 is 14.4 Å². The van der Waals surface area contributed by atoms with Crippen LogP contribution in [0, 0.1) is 0 Å². The number of hydrogen-bond acceptors (Lipinski definition) is 5. The zero-order valence-electron chi connectivity index (χ0n) is 15.6. The Morgan fingerprint density at radius 2 is 1.90 bits per heavy atom. The lowest BCUT2D eigenvalue weighted by atomic mass is 10.2. The van der Waals surface area contributed by atoms with E-state index >= 15 is 0 Å². The summed E-state index contributed by atoms with van der Waals surface area (Å²) in [5, 5.41) is 14.2. The molecule has 0 unspecified atom stereocenters. The molecule has 0 aliphatic heterocycles. The van der Waals surface area contributed by atoms with Crippen molar-refractivity contribution in [3.63, 3.8) is 0 Å². The van der Waals surface area contributed by atoms with Crippen LogP contribution in [0.4, 0.5) is 0 Å². The smallest absolute Gasteiger partial charge is 0.303 e. The van der Waals surface area contributed by atoms with Gasteiger partial charge in [0.2, 0.25) is 5.78 Å². The quantitative estimate of drug-likeness (QED) is 0.466. The van der Waals surface area contributed by atoms with E-state index in [-0.39, 0.29) is 25.1 Å². The van der Waals surface area contributed by atoms with E-state index in [2.05, 4.69) is 10.1 Å². The molecule has 1 N–H and O–H groups in total. The minimum Gasteiger partial charge on any atom is -0.490 e. The van der Waals surface area contributed by atoms with Crippen LogP contribution in [0.5, 0.6) is 5.75 Å². The summed E-state index contributed by atoms with van der Waals surface area (Å²) in [5.74, 6) is -0.145.